The summed E-state index contributed by atoms with van der Waals surface area (Å²) in [6.45, 7) is 2.07. The number of amides is 1. The number of carbonyl (C=O) groups is 2. The molecule has 33 heavy (non-hydrogen) atoms. The highest BCUT2D eigenvalue weighted by Gasteiger charge is 2.52. The van der Waals surface area contributed by atoms with Crippen LogP contribution in [-0.2, 0) is 22.4 Å². The van der Waals surface area contributed by atoms with Crippen LogP contribution in [0.4, 0.5) is 8.78 Å². The number of thiophene rings is 1. The number of carbonyl (C=O) groups excluding carboxylic acids is 2. The average molecular weight is 478 g/mol. The van der Waals surface area contributed by atoms with Crippen LogP contribution >= 0.6 is 11.3 Å². The Morgan fingerprint density at radius 3 is 2.73 bits per heavy atom. The van der Waals surface area contributed by atoms with Gasteiger partial charge in [-0.2, -0.15) is 8.78 Å². The van der Waals surface area contributed by atoms with Crippen LogP contribution in [0.25, 0.3) is 0 Å². The number of hydrogen-bond acceptors (Lipinski definition) is 5. The minimum atomic E-state index is -3.41. The van der Waals surface area contributed by atoms with Gasteiger partial charge < -0.3 is 14.7 Å². The number of aryl methyl sites for hydroxylation is 1. The molecular weight excluding hydrogens is 448 g/mol. The number of benzene rings is 1. The van der Waals surface area contributed by atoms with Crippen LogP contribution in [0, 0.1) is 5.92 Å². The van der Waals surface area contributed by atoms with Crippen LogP contribution in [-0.4, -0.2) is 53.6 Å². The number of nitrogens with zero attached hydrogens (tertiary/aromatic N) is 1. The number of ether oxygens (including phenoxy) is 1. The van der Waals surface area contributed by atoms with Crippen LogP contribution in [0.3, 0.4) is 0 Å². The van der Waals surface area contributed by atoms with Gasteiger partial charge in [-0.1, -0.05) is 49.4 Å². The molecule has 0 radical (unpaired) electrons. The van der Waals surface area contributed by atoms with Gasteiger partial charge in [-0.05, 0) is 42.9 Å². The molecule has 1 aliphatic heterocycles. The fourth-order valence-electron chi connectivity index (χ4n) is 3.94. The Bertz CT molecular complexity index is 976. The van der Waals surface area contributed by atoms with E-state index in [1.165, 1.54) is 35.5 Å². The fourth-order valence-corrected chi connectivity index (χ4v) is 4.91. The van der Waals surface area contributed by atoms with Gasteiger partial charge in [-0.25, -0.2) is 4.79 Å². The first-order valence-corrected chi connectivity index (χ1v) is 11.8. The second-order valence-electron chi connectivity index (χ2n) is 8.38. The monoisotopic (exact) mass is 477 g/mol. The van der Waals surface area contributed by atoms with Crippen molar-refractivity contribution in [1.82, 2.24) is 4.90 Å². The Kier molecular flexibility index (Phi) is 8.37. The standard InChI is InChI=1S/C25H29F2NO4S/c1-17(15-18-7-4-3-5-8-18)21(29)12-10-19-16-25(26,27)24(31)28(19)14-6-9-20-11-13-22(33-20)23(30)32-2/h3-5,7-8,10-13,17,19,21,29H,6,9,14-16H2,1-2H3/t17-,19-,21+/m0/s1. The fraction of sp³-hybridized carbons (Fsp3) is 0.440. The molecule has 8 heteroatoms. The molecule has 1 aromatic heterocycles. The Hall–Kier alpha value is -2.58. The molecule has 0 spiro atoms. The van der Waals surface area contributed by atoms with E-state index in [1.807, 2.05) is 37.3 Å². The van der Waals surface area contributed by atoms with E-state index in [0.717, 1.165) is 10.4 Å². The summed E-state index contributed by atoms with van der Waals surface area (Å²) in [7, 11) is 1.31. The normalized spacial score (nSPS) is 19.7. The number of aliphatic hydroxyl groups is 1. The molecule has 0 bridgehead atoms. The first kappa shape index (κ1) is 25.1. The second kappa shape index (κ2) is 11.0. The molecular formula is C25H29F2NO4S. The van der Waals surface area contributed by atoms with Crippen molar-refractivity contribution in [2.45, 2.75) is 50.7 Å². The summed E-state index contributed by atoms with van der Waals surface area (Å²) in [5, 5.41) is 10.5. The third-order valence-electron chi connectivity index (χ3n) is 5.82. The van der Waals surface area contributed by atoms with Crippen molar-refractivity contribution in [1.29, 1.82) is 0 Å². The zero-order valence-corrected chi connectivity index (χ0v) is 19.6. The quantitative estimate of drug-likeness (QED) is 0.404. The van der Waals surface area contributed by atoms with Crippen molar-refractivity contribution in [3.63, 3.8) is 0 Å². The molecule has 2 heterocycles. The second-order valence-corrected chi connectivity index (χ2v) is 9.55. The molecule has 1 amide bonds. The lowest BCUT2D eigenvalue weighted by Crippen LogP contribution is -2.37. The van der Waals surface area contributed by atoms with Crippen molar-refractivity contribution in [3.8, 4) is 0 Å². The van der Waals surface area contributed by atoms with Gasteiger partial charge in [0.2, 0.25) is 0 Å². The maximum absolute atomic E-state index is 14.2. The van der Waals surface area contributed by atoms with Crippen LogP contribution in [0.2, 0.25) is 0 Å². The molecule has 1 saturated heterocycles. The number of likely N-dealkylation sites (tertiary alicyclic amines) is 1. The number of aliphatic hydroxyl groups excluding tert-OH is 1. The van der Waals surface area contributed by atoms with Crippen molar-refractivity contribution in [2.24, 2.45) is 5.92 Å². The van der Waals surface area contributed by atoms with Crippen LogP contribution in [0.1, 0.15) is 39.9 Å². The van der Waals surface area contributed by atoms with Gasteiger partial charge in [0.05, 0.1) is 19.3 Å². The van der Waals surface area contributed by atoms with Gasteiger partial charge in [-0.3, -0.25) is 4.79 Å². The zero-order chi connectivity index (χ0) is 24.0. The number of alkyl halides is 2. The van der Waals surface area contributed by atoms with Gasteiger partial charge >= 0.3 is 11.9 Å². The summed E-state index contributed by atoms with van der Waals surface area (Å²) >= 11 is 1.29. The number of halogens is 2. The number of hydrogen-bond donors (Lipinski definition) is 1. The summed E-state index contributed by atoms with van der Waals surface area (Å²) in [5.74, 6) is -5.09. The Balaban J connectivity index is 1.58. The lowest BCUT2D eigenvalue weighted by Gasteiger charge is -2.22. The van der Waals surface area contributed by atoms with Crippen molar-refractivity contribution >= 4 is 23.2 Å². The Morgan fingerprint density at radius 1 is 1.30 bits per heavy atom. The summed E-state index contributed by atoms with van der Waals surface area (Å²) in [6, 6.07) is 12.5. The Morgan fingerprint density at radius 2 is 2.03 bits per heavy atom. The molecule has 1 aliphatic rings. The minimum Gasteiger partial charge on any atom is -0.465 e. The van der Waals surface area contributed by atoms with Crippen molar-refractivity contribution in [2.75, 3.05) is 13.7 Å². The minimum absolute atomic E-state index is 0.0995. The molecule has 1 fully saturated rings. The smallest absolute Gasteiger partial charge is 0.348 e. The molecule has 0 unspecified atom stereocenters. The topological polar surface area (TPSA) is 66.8 Å². The van der Waals surface area contributed by atoms with E-state index in [0.29, 0.717) is 24.1 Å². The average Bonchev–Trinajstić information content (AvgIpc) is 3.35. The highest BCUT2D eigenvalue weighted by Crippen LogP contribution is 2.34. The van der Waals surface area contributed by atoms with E-state index in [9.17, 15) is 23.5 Å². The predicted octanol–water partition coefficient (Wildman–Crippen LogP) is 4.50. The molecule has 0 aliphatic carbocycles. The van der Waals surface area contributed by atoms with E-state index < -0.39 is 36.4 Å². The predicted molar refractivity (Wildman–Crippen MR) is 124 cm³/mol. The maximum Gasteiger partial charge on any atom is 0.348 e. The molecule has 2 aromatic rings. The van der Waals surface area contributed by atoms with Gasteiger partial charge in [0.25, 0.3) is 5.91 Å². The maximum atomic E-state index is 14.2. The van der Waals surface area contributed by atoms with Gasteiger partial charge in [-0.15, -0.1) is 11.3 Å². The van der Waals surface area contributed by atoms with Crippen molar-refractivity contribution in [3.05, 3.63) is 69.9 Å². The van der Waals surface area contributed by atoms with Gasteiger partial charge in [0.1, 0.15) is 4.88 Å². The van der Waals surface area contributed by atoms with Crippen LogP contribution < -0.4 is 0 Å². The molecule has 3 atom stereocenters. The molecule has 5 nitrogen and oxygen atoms in total. The highest BCUT2D eigenvalue weighted by atomic mass is 32.1. The number of rotatable bonds is 10. The lowest BCUT2D eigenvalue weighted by atomic mass is 9.95. The highest BCUT2D eigenvalue weighted by molar-refractivity contribution is 7.13. The Labute approximate surface area is 196 Å². The first-order valence-electron chi connectivity index (χ1n) is 11.0. The summed E-state index contributed by atoms with van der Waals surface area (Å²) in [4.78, 5) is 26.4. The van der Waals surface area contributed by atoms with Crippen LogP contribution in [0.15, 0.2) is 54.6 Å². The van der Waals surface area contributed by atoms with E-state index in [-0.39, 0.29) is 12.5 Å². The lowest BCUT2D eigenvalue weighted by molar-refractivity contribution is -0.148. The molecule has 1 N–H and O–H groups in total. The van der Waals surface area contributed by atoms with E-state index >= 15 is 0 Å². The molecule has 1 aromatic carbocycles. The number of methoxy groups -OCH3 is 1. The SMILES string of the molecule is COC(=O)c1ccc(CCCN2C(=O)C(F)(F)C[C@@H]2C=C[C@@H](O)[C@@H](C)Cc2ccccc2)s1. The van der Waals surface area contributed by atoms with Gasteiger partial charge in [0.15, 0.2) is 0 Å². The first-order chi connectivity index (χ1) is 15.7. The third kappa shape index (κ3) is 6.48. The van der Waals surface area contributed by atoms with Crippen molar-refractivity contribution < 1.29 is 28.2 Å². The van der Waals surface area contributed by atoms with E-state index in [4.69, 9.17) is 0 Å². The molecule has 3 rings (SSSR count). The van der Waals surface area contributed by atoms with Crippen LogP contribution in [0.5, 0.6) is 0 Å². The molecule has 178 valence electrons. The zero-order valence-electron chi connectivity index (χ0n) is 18.7. The number of esters is 1. The summed E-state index contributed by atoms with van der Waals surface area (Å²) in [6.07, 6.45) is 3.37. The molecule has 0 saturated carbocycles. The third-order valence-corrected chi connectivity index (χ3v) is 6.95. The summed E-state index contributed by atoms with van der Waals surface area (Å²) in [5.41, 5.74) is 1.09. The van der Waals surface area contributed by atoms with E-state index in [2.05, 4.69) is 4.74 Å². The van der Waals surface area contributed by atoms with Gasteiger partial charge in [0, 0.05) is 17.8 Å². The van der Waals surface area contributed by atoms with E-state index in [1.54, 1.807) is 12.1 Å². The summed E-state index contributed by atoms with van der Waals surface area (Å²) < 4.78 is 33.0. The largest absolute Gasteiger partial charge is 0.465 e.